The summed E-state index contributed by atoms with van der Waals surface area (Å²) in [6.45, 7) is 3.14. The summed E-state index contributed by atoms with van der Waals surface area (Å²) in [5.41, 5.74) is 0.852. The molecular formula is C12H18FNO2S. The summed E-state index contributed by atoms with van der Waals surface area (Å²) in [5, 5.41) is 3.13. The van der Waals surface area contributed by atoms with Crippen molar-refractivity contribution >= 4 is 10.8 Å². The summed E-state index contributed by atoms with van der Waals surface area (Å²) in [6, 6.07) is 4.87. The molecule has 0 radical (unpaired) electrons. The van der Waals surface area contributed by atoms with Gasteiger partial charge in [0.1, 0.15) is 0 Å². The predicted molar refractivity (Wildman–Crippen MR) is 68.2 cm³/mol. The first-order valence-corrected chi connectivity index (χ1v) is 7.04. The minimum absolute atomic E-state index is 0.251. The molecular weight excluding hydrogens is 241 g/mol. The molecule has 0 saturated carbocycles. The van der Waals surface area contributed by atoms with Crippen molar-refractivity contribution in [2.75, 3.05) is 25.2 Å². The van der Waals surface area contributed by atoms with Crippen LogP contribution in [-0.4, -0.2) is 29.4 Å². The molecule has 3 nitrogen and oxygen atoms in total. The van der Waals surface area contributed by atoms with E-state index in [2.05, 4.69) is 5.32 Å². The van der Waals surface area contributed by atoms with E-state index in [-0.39, 0.29) is 11.6 Å². The van der Waals surface area contributed by atoms with Crippen molar-refractivity contribution in [3.63, 3.8) is 0 Å². The van der Waals surface area contributed by atoms with Gasteiger partial charge in [-0.25, -0.2) is 4.39 Å². The second-order valence-corrected chi connectivity index (χ2v) is 5.44. The van der Waals surface area contributed by atoms with Crippen molar-refractivity contribution in [3.8, 4) is 5.75 Å². The van der Waals surface area contributed by atoms with E-state index in [0.29, 0.717) is 24.6 Å². The van der Waals surface area contributed by atoms with Crippen LogP contribution in [0, 0.1) is 5.82 Å². The maximum Gasteiger partial charge on any atom is 0.165 e. The third-order valence-electron chi connectivity index (χ3n) is 2.37. The Labute approximate surface area is 104 Å². The van der Waals surface area contributed by atoms with E-state index in [1.807, 2.05) is 13.0 Å². The SMILES string of the molecule is CCS(=O)CCNCc1ccc(OC)c(F)c1. The molecule has 1 unspecified atom stereocenters. The molecule has 0 aliphatic rings. The highest BCUT2D eigenvalue weighted by Gasteiger charge is 2.03. The molecule has 0 fully saturated rings. The summed E-state index contributed by atoms with van der Waals surface area (Å²) < 4.78 is 29.3. The van der Waals surface area contributed by atoms with Gasteiger partial charge in [0, 0.05) is 35.4 Å². The highest BCUT2D eigenvalue weighted by atomic mass is 32.2. The molecule has 5 heteroatoms. The van der Waals surface area contributed by atoms with E-state index in [9.17, 15) is 8.60 Å². The van der Waals surface area contributed by atoms with Gasteiger partial charge >= 0.3 is 0 Å². The third kappa shape index (κ3) is 4.83. The summed E-state index contributed by atoms with van der Waals surface area (Å²) in [5.74, 6) is 1.21. The first-order valence-electron chi connectivity index (χ1n) is 5.55. The number of benzene rings is 1. The number of hydrogen-bond donors (Lipinski definition) is 1. The number of nitrogens with one attached hydrogen (secondary N) is 1. The van der Waals surface area contributed by atoms with Crippen LogP contribution in [0.5, 0.6) is 5.75 Å². The van der Waals surface area contributed by atoms with E-state index >= 15 is 0 Å². The zero-order valence-corrected chi connectivity index (χ0v) is 11.0. The maximum atomic E-state index is 13.3. The Kier molecular flexibility index (Phi) is 6.15. The molecule has 0 amide bonds. The van der Waals surface area contributed by atoms with Gasteiger partial charge in [-0.3, -0.25) is 4.21 Å². The van der Waals surface area contributed by atoms with Crippen LogP contribution in [0.4, 0.5) is 4.39 Å². The molecule has 0 aliphatic carbocycles. The minimum Gasteiger partial charge on any atom is -0.494 e. The van der Waals surface area contributed by atoms with Crippen molar-refractivity contribution in [3.05, 3.63) is 29.6 Å². The van der Waals surface area contributed by atoms with Gasteiger partial charge in [-0.15, -0.1) is 0 Å². The number of halogens is 1. The first kappa shape index (κ1) is 14.1. The zero-order valence-electron chi connectivity index (χ0n) is 10.2. The summed E-state index contributed by atoms with van der Waals surface area (Å²) in [6.07, 6.45) is 0. The minimum atomic E-state index is -0.751. The predicted octanol–water partition coefficient (Wildman–Crippen LogP) is 1.69. The smallest absolute Gasteiger partial charge is 0.165 e. The molecule has 0 bridgehead atoms. The van der Waals surface area contributed by atoms with Gasteiger partial charge in [0.15, 0.2) is 11.6 Å². The number of methoxy groups -OCH3 is 1. The topological polar surface area (TPSA) is 38.3 Å². The maximum absolute atomic E-state index is 13.3. The Morgan fingerprint density at radius 2 is 2.24 bits per heavy atom. The zero-order chi connectivity index (χ0) is 12.7. The quantitative estimate of drug-likeness (QED) is 0.757. The van der Waals surface area contributed by atoms with Crippen molar-refractivity contribution in [1.82, 2.24) is 5.32 Å². The summed E-state index contributed by atoms with van der Waals surface area (Å²) in [7, 11) is 0.690. The Bertz CT molecular complexity index is 385. The molecule has 0 spiro atoms. The summed E-state index contributed by atoms with van der Waals surface area (Å²) >= 11 is 0. The van der Waals surface area contributed by atoms with Crippen LogP contribution in [0.25, 0.3) is 0 Å². The van der Waals surface area contributed by atoms with Gasteiger partial charge in [0.25, 0.3) is 0 Å². The molecule has 0 saturated heterocycles. The van der Waals surface area contributed by atoms with E-state index in [4.69, 9.17) is 4.74 Å². The van der Waals surface area contributed by atoms with Gasteiger partial charge in [0.2, 0.25) is 0 Å². The Morgan fingerprint density at radius 1 is 1.47 bits per heavy atom. The molecule has 17 heavy (non-hydrogen) atoms. The number of ether oxygens (including phenoxy) is 1. The number of hydrogen-bond acceptors (Lipinski definition) is 3. The van der Waals surface area contributed by atoms with Crippen molar-refractivity contribution in [2.24, 2.45) is 0 Å². The molecule has 0 heterocycles. The molecule has 96 valence electrons. The molecule has 0 aromatic heterocycles. The fourth-order valence-electron chi connectivity index (χ4n) is 1.38. The van der Waals surface area contributed by atoms with Crippen molar-refractivity contribution < 1.29 is 13.3 Å². The summed E-state index contributed by atoms with van der Waals surface area (Å²) in [4.78, 5) is 0. The molecule has 1 atom stereocenters. The fraction of sp³-hybridized carbons (Fsp3) is 0.500. The van der Waals surface area contributed by atoms with Crippen molar-refractivity contribution in [2.45, 2.75) is 13.5 Å². The standard InChI is InChI=1S/C12H18FNO2S/c1-3-17(15)7-6-14-9-10-4-5-12(16-2)11(13)8-10/h4-5,8,14H,3,6-7,9H2,1-2H3. The largest absolute Gasteiger partial charge is 0.494 e. The highest BCUT2D eigenvalue weighted by molar-refractivity contribution is 7.84. The van der Waals surface area contributed by atoms with Crippen LogP contribution < -0.4 is 10.1 Å². The lowest BCUT2D eigenvalue weighted by atomic mass is 10.2. The molecule has 1 N–H and O–H groups in total. The van der Waals surface area contributed by atoms with Gasteiger partial charge in [-0.05, 0) is 17.7 Å². The van der Waals surface area contributed by atoms with Crippen LogP contribution in [0.3, 0.4) is 0 Å². The Balaban J connectivity index is 2.37. The van der Waals surface area contributed by atoms with E-state index in [1.165, 1.54) is 13.2 Å². The lowest BCUT2D eigenvalue weighted by molar-refractivity contribution is 0.386. The molecule has 1 rings (SSSR count). The fourth-order valence-corrected chi connectivity index (χ4v) is 2.04. The van der Waals surface area contributed by atoms with Gasteiger partial charge in [-0.1, -0.05) is 13.0 Å². The lowest BCUT2D eigenvalue weighted by Gasteiger charge is -2.06. The van der Waals surface area contributed by atoms with E-state index in [0.717, 1.165) is 5.56 Å². The first-order chi connectivity index (χ1) is 8.17. The van der Waals surface area contributed by atoms with E-state index < -0.39 is 10.8 Å². The van der Waals surface area contributed by atoms with E-state index in [1.54, 1.807) is 6.07 Å². The van der Waals surface area contributed by atoms with Crippen LogP contribution in [-0.2, 0) is 17.3 Å². The van der Waals surface area contributed by atoms with Gasteiger partial charge < -0.3 is 10.1 Å². The monoisotopic (exact) mass is 259 g/mol. The average Bonchev–Trinajstić information content (AvgIpc) is 2.34. The van der Waals surface area contributed by atoms with Gasteiger partial charge in [0.05, 0.1) is 7.11 Å². The molecule has 1 aromatic rings. The lowest BCUT2D eigenvalue weighted by Crippen LogP contribution is -2.20. The van der Waals surface area contributed by atoms with Gasteiger partial charge in [-0.2, -0.15) is 0 Å². The van der Waals surface area contributed by atoms with Crippen molar-refractivity contribution in [1.29, 1.82) is 0 Å². The van der Waals surface area contributed by atoms with Crippen LogP contribution >= 0.6 is 0 Å². The number of rotatable bonds is 7. The average molecular weight is 259 g/mol. The second-order valence-electron chi connectivity index (χ2n) is 3.58. The third-order valence-corrected chi connectivity index (χ3v) is 3.68. The molecule has 0 aliphatic heterocycles. The molecule has 1 aromatic carbocycles. The van der Waals surface area contributed by atoms with Crippen LogP contribution in [0.15, 0.2) is 18.2 Å². The van der Waals surface area contributed by atoms with Crippen LogP contribution in [0.1, 0.15) is 12.5 Å². The Hall–Kier alpha value is -0.940. The normalized spacial score (nSPS) is 12.4. The van der Waals surface area contributed by atoms with Crippen LogP contribution in [0.2, 0.25) is 0 Å². The second kappa shape index (κ2) is 7.40. The Morgan fingerprint density at radius 3 is 2.82 bits per heavy atom. The highest BCUT2D eigenvalue weighted by Crippen LogP contribution is 2.17.